The fourth-order valence-corrected chi connectivity index (χ4v) is 13.7. The maximum atomic E-state index is 2.56. The van der Waals surface area contributed by atoms with Gasteiger partial charge in [0.25, 0.3) is 0 Å². The number of allylic oxidation sites excluding steroid dienone is 13. The molecule has 0 heterocycles. The van der Waals surface area contributed by atoms with Crippen LogP contribution in [0, 0.1) is 11.8 Å². The first-order valence-corrected chi connectivity index (χ1v) is 25.9. The molecule has 1 heteroatoms. The van der Waals surface area contributed by atoms with Gasteiger partial charge in [-0.3, -0.25) is 0 Å². The molecular weight excluding hydrogens is 843 g/mol. The first kappa shape index (κ1) is 42.6. The monoisotopic (exact) mass is 901 g/mol. The average molecular weight is 902 g/mol. The molecule has 5 unspecified atom stereocenters. The van der Waals surface area contributed by atoms with Crippen LogP contribution in [0.3, 0.4) is 0 Å². The average Bonchev–Trinajstić information content (AvgIpc) is 3.71. The van der Waals surface area contributed by atoms with Crippen molar-refractivity contribution in [2.24, 2.45) is 11.8 Å². The van der Waals surface area contributed by atoms with E-state index in [2.05, 4.69) is 249 Å². The summed E-state index contributed by atoms with van der Waals surface area (Å²) in [5.41, 5.74) is 25.0. The number of hydrogen-bond acceptors (Lipinski definition) is 1. The topological polar surface area (TPSA) is 3.24 Å². The molecule has 14 rings (SSSR count). The molecule has 340 valence electrons. The summed E-state index contributed by atoms with van der Waals surface area (Å²) in [6, 6.07) is 63.5. The zero-order chi connectivity index (χ0) is 46.8. The van der Waals surface area contributed by atoms with Crippen molar-refractivity contribution in [3.05, 3.63) is 280 Å². The minimum atomic E-state index is -0.0571. The second kappa shape index (κ2) is 17.5. The van der Waals surface area contributed by atoms with Gasteiger partial charge >= 0.3 is 0 Å². The van der Waals surface area contributed by atoms with Crippen molar-refractivity contribution in [1.29, 1.82) is 0 Å². The molecule has 1 nitrogen and oxygen atoms in total. The second-order valence-corrected chi connectivity index (χ2v) is 20.4. The Kier molecular flexibility index (Phi) is 10.6. The third-order valence-corrected chi connectivity index (χ3v) is 17.1. The van der Waals surface area contributed by atoms with Crippen LogP contribution in [0.25, 0.3) is 33.9 Å². The minimum absolute atomic E-state index is 0.0571. The van der Waals surface area contributed by atoms with Gasteiger partial charge in [-0.2, -0.15) is 0 Å². The van der Waals surface area contributed by atoms with E-state index in [9.17, 15) is 0 Å². The minimum Gasteiger partial charge on any atom is -0.310 e. The summed E-state index contributed by atoms with van der Waals surface area (Å²) in [5, 5.41) is 0. The smallest absolute Gasteiger partial charge is 0.0465 e. The molecule has 0 spiro atoms. The summed E-state index contributed by atoms with van der Waals surface area (Å²) in [4.78, 5) is 2.39. The fraction of sp³-hybridized carbons (Fsp3) is 0.188. The van der Waals surface area contributed by atoms with Gasteiger partial charge in [-0.1, -0.05) is 208 Å². The molecule has 0 aliphatic heterocycles. The second-order valence-electron chi connectivity index (χ2n) is 20.4. The molecule has 7 aromatic rings. The lowest BCUT2D eigenvalue weighted by atomic mass is 9.51. The predicted molar refractivity (Wildman–Crippen MR) is 295 cm³/mol. The highest BCUT2D eigenvalue weighted by Crippen LogP contribution is 2.63. The highest BCUT2D eigenvalue weighted by atomic mass is 15.1. The molecule has 0 saturated heterocycles. The van der Waals surface area contributed by atoms with Gasteiger partial charge in [0.05, 0.1) is 0 Å². The number of para-hydroxylation sites is 2. The van der Waals surface area contributed by atoms with E-state index in [1.165, 1.54) is 78.3 Å². The summed E-state index contributed by atoms with van der Waals surface area (Å²) in [6.45, 7) is 4.75. The molecule has 7 aliphatic rings. The predicted octanol–water partition coefficient (Wildman–Crippen LogP) is 18.3. The van der Waals surface area contributed by atoms with E-state index in [4.69, 9.17) is 0 Å². The molecule has 0 radical (unpaired) electrons. The Morgan fingerprint density at radius 2 is 1.14 bits per heavy atom. The number of fused-ring (bicyclic) bond motifs is 3. The van der Waals surface area contributed by atoms with Crippen LogP contribution < -0.4 is 4.90 Å². The van der Waals surface area contributed by atoms with Crippen molar-refractivity contribution < 1.29 is 0 Å². The standard InChI is InChI=1S/C69H59N/c1-3-69(4-2)65-42-47(32-38-56(65)57-41-37-54(45-66(57)69)70(52-20-10-6-11-21-52)53-22-12-7-13-23-53)29-28-46-30-33-49(34-31-46)55-39-35-50(48-18-8-5-9-19-48)43-63(55)51-36-40-62-64(44-51)68-60-26-16-14-24-58(60)67(62)59-25-15-17-27-61(59)68/h5-30,32-33,35-43,45,51,58,60,67-68H,3-4,31,34,44H2,1-2H3/b29-28+. The van der Waals surface area contributed by atoms with Gasteiger partial charge < -0.3 is 4.90 Å². The molecule has 0 fully saturated rings. The van der Waals surface area contributed by atoms with Crippen molar-refractivity contribution in [2.45, 2.75) is 69.1 Å². The van der Waals surface area contributed by atoms with Crippen LogP contribution in [0.2, 0.25) is 0 Å². The Labute approximate surface area is 415 Å². The van der Waals surface area contributed by atoms with Crippen LogP contribution in [-0.4, -0.2) is 0 Å². The largest absolute Gasteiger partial charge is 0.310 e. The molecule has 0 N–H and O–H groups in total. The van der Waals surface area contributed by atoms with Gasteiger partial charge in [-0.15, -0.1) is 0 Å². The van der Waals surface area contributed by atoms with E-state index >= 15 is 0 Å². The maximum absolute atomic E-state index is 2.56. The first-order valence-electron chi connectivity index (χ1n) is 25.9. The molecule has 5 atom stereocenters. The number of rotatable bonds is 10. The highest BCUT2D eigenvalue weighted by molar-refractivity contribution is 5.87. The first-order chi connectivity index (χ1) is 34.6. The van der Waals surface area contributed by atoms with Gasteiger partial charge in [-0.05, 0) is 164 Å². The Balaban J connectivity index is 0.802. The van der Waals surface area contributed by atoms with Gasteiger partial charge in [0, 0.05) is 40.2 Å². The van der Waals surface area contributed by atoms with E-state index in [1.54, 1.807) is 22.3 Å². The molecule has 70 heavy (non-hydrogen) atoms. The van der Waals surface area contributed by atoms with Crippen LogP contribution in [0.4, 0.5) is 17.1 Å². The van der Waals surface area contributed by atoms with Gasteiger partial charge in [0.15, 0.2) is 0 Å². The Hall–Kier alpha value is -7.48. The van der Waals surface area contributed by atoms with Gasteiger partial charge in [0.1, 0.15) is 0 Å². The fourth-order valence-electron chi connectivity index (χ4n) is 13.7. The van der Waals surface area contributed by atoms with Crippen molar-refractivity contribution in [1.82, 2.24) is 0 Å². The Morgan fingerprint density at radius 3 is 1.83 bits per heavy atom. The zero-order valence-electron chi connectivity index (χ0n) is 40.3. The third-order valence-electron chi connectivity index (χ3n) is 17.1. The Morgan fingerprint density at radius 1 is 0.514 bits per heavy atom. The molecular formula is C69H59N. The molecule has 7 aliphatic carbocycles. The number of benzene rings is 7. The SMILES string of the molecule is CCC1(CC)c2cc(/C=C/C3=CC=C(c4ccc(-c5ccccc5)cc4C4C=CC5=C(C4)C4c6ccccc6C5C5C=CC=CC45)CC3)ccc2-c2ccc(N(c3ccccc3)c3ccccc3)cc21. The van der Waals surface area contributed by atoms with Crippen LogP contribution in [-0.2, 0) is 5.41 Å². The zero-order valence-corrected chi connectivity index (χ0v) is 40.3. The van der Waals surface area contributed by atoms with Crippen molar-refractivity contribution in [2.75, 3.05) is 4.90 Å². The normalized spacial score (nSPS) is 21.9. The van der Waals surface area contributed by atoms with E-state index in [-0.39, 0.29) is 5.41 Å². The van der Waals surface area contributed by atoms with E-state index in [0.717, 1.165) is 32.1 Å². The van der Waals surface area contributed by atoms with Gasteiger partial charge in [0.2, 0.25) is 0 Å². The summed E-state index contributed by atoms with van der Waals surface area (Å²) >= 11 is 0. The van der Waals surface area contributed by atoms with E-state index in [0.29, 0.717) is 29.6 Å². The number of nitrogens with zero attached hydrogens (tertiary/aromatic N) is 1. The quantitative estimate of drug-likeness (QED) is 0.132. The van der Waals surface area contributed by atoms with Crippen LogP contribution >= 0.6 is 0 Å². The maximum Gasteiger partial charge on any atom is 0.0465 e. The highest BCUT2D eigenvalue weighted by Gasteiger charge is 2.50. The lowest BCUT2D eigenvalue weighted by Crippen LogP contribution is -2.40. The van der Waals surface area contributed by atoms with E-state index < -0.39 is 0 Å². The Bertz CT molecular complexity index is 3350. The lowest BCUT2D eigenvalue weighted by molar-refractivity contribution is 0.319. The van der Waals surface area contributed by atoms with Crippen molar-refractivity contribution >= 4 is 28.7 Å². The van der Waals surface area contributed by atoms with Gasteiger partial charge in [-0.25, -0.2) is 0 Å². The summed E-state index contributed by atoms with van der Waals surface area (Å²) in [5.74, 6) is 2.26. The van der Waals surface area contributed by atoms with Crippen LogP contribution in [0.5, 0.6) is 0 Å². The number of hydrogen-bond donors (Lipinski definition) is 0. The lowest BCUT2D eigenvalue weighted by Gasteiger charge is -2.52. The van der Waals surface area contributed by atoms with E-state index in [1.807, 2.05) is 0 Å². The molecule has 0 aromatic heterocycles. The molecule has 0 amide bonds. The van der Waals surface area contributed by atoms with Crippen molar-refractivity contribution in [3.8, 4) is 22.3 Å². The molecule has 0 saturated carbocycles. The molecule has 2 bridgehead atoms. The summed E-state index contributed by atoms with van der Waals surface area (Å²) < 4.78 is 0. The molecule has 7 aromatic carbocycles. The number of anilines is 3. The van der Waals surface area contributed by atoms with Crippen LogP contribution in [0.15, 0.2) is 241 Å². The summed E-state index contributed by atoms with van der Waals surface area (Å²) in [6.07, 6.45) is 29.5. The summed E-state index contributed by atoms with van der Waals surface area (Å²) in [7, 11) is 0. The van der Waals surface area contributed by atoms with Crippen molar-refractivity contribution in [3.63, 3.8) is 0 Å². The third kappa shape index (κ3) is 6.96. The van der Waals surface area contributed by atoms with Crippen LogP contribution in [0.1, 0.15) is 103 Å².